The molecular weight excluding hydrogens is 144 g/mol. The fourth-order valence-electron chi connectivity index (χ4n) is 0.734. The summed E-state index contributed by atoms with van der Waals surface area (Å²) in [4.78, 5) is 0. The van der Waals surface area contributed by atoms with Gasteiger partial charge in [0.25, 0.3) is 0 Å². The smallest absolute Gasteiger partial charge is 0.134 e. The largest absolute Gasteiger partial charge is 0.386 e. The Balaban J connectivity index is 2.70. The van der Waals surface area contributed by atoms with Crippen molar-refractivity contribution in [3.05, 3.63) is 17.5 Å². The summed E-state index contributed by atoms with van der Waals surface area (Å²) < 4.78 is 4.71. The van der Waals surface area contributed by atoms with E-state index in [-0.39, 0.29) is 6.42 Å². The molecule has 1 heterocycles. The average Bonchev–Trinajstić information content (AvgIpc) is 2.36. The highest BCUT2D eigenvalue weighted by Gasteiger charge is 2.10. The molecule has 0 bridgehead atoms. The number of aliphatic hydroxyl groups is 1. The van der Waals surface area contributed by atoms with Gasteiger partial charge in [0.15, 0.2) is 0 Å². The molecule has 1 unspecified atom stereocenters. The Labute approximate surface area is 64.0 Å². The molecule has 4 nitrogen and oxygen atoms in total. The lowest BCUT2D eigenvalue weighted by Crippen LogP contribution is -1.95. The average molecular weight is 152 g/mol. The van der Waals surface area contributed by atoms with Gasteiger partial charge in [0.2, 0.25) is 0 Å². The number of aromatic nitrogens is 1. The van der Waals surface area contributed by atoms with Gasteiger partial charge in [-0.2, -0.15) is 5.26 Å². The Morgan fingerprint density at radius 3 is 3.09 bits per heavy atom. The van der Waals surface area contributed by atoms with Gasteiger partial charge in [-0.25, -0.2) is 0 Å². The van der Waals surface area contributed by atoms with E-state index in [2.05, 4.69) is 5.16 Å². The Bertz CT molecular complexity index is 274. The third kappa shape index (κ3) is 1.79. The maximum atomic E-state index is 9.19. The first-order valence-corrected chi connectivity index (χ1v) is 3.22. The predicted molar refractivity (Wildman–Crippen MR) is 36.4 cm³/mol. The highest BCUT2D eigenvalue weighted by molar-refractivity contribution is 5.07. The molecule has 4 heteroatoms. The van der Waals surface area contributed by atoms with Crippen LogP contribution in [0.25, 0.3) is 0 Å². The summed E-state index contributed by atoms with van der Waals surface area (Å²) >= 11 is 0. The van der Waals surface area contributed by atoms with E-state index >= 15 is 0 Å². The van der Waals surface area contributed by atoms with E-state index < -0.39 is 6.10 Å². The molecule has 1 atom stereocenters. The second kappa shape index (κ2) is 3.17. The van der Waals surface area contributed by atoms with Crippen LogP contribution in [-0.4, -0.2) is 10.3 Å². The Kier molecular flexibility index (Phi) is 2.24. The van der Waals surface area contributed by atoms with Gasteiger partial charge in [-0.1, -0.05) is 5.16 Å². The van der Waals surface area contributed by atoms with Crippen molar-refractivity contribution in [2.45, 2.75) is 19.4 Å². The van der Waals surface area contributed by atoms with Crippen molar-refractivity contribution in [1.82, 2.24) is 5.16 Å². The molecule has 0 aliphatic rings. The zero-order chi connectivity index (χ0) is 8.27. The molecule has 11 heavy (non-hydrogen) atoms. The van der Waals surface area contributed by atoms with Crippen molar-refractivity contribution >= 4 is 0 Å². The first kappa shape index (κ1) is 7.76. The summed E-state index contributed by atoms with van der Waals surface area (Å²) in [6.45, 7) is 1.73. The van der Waals surface area contributed by atoms with E-state index in [1.165, 1.54) is 0 Å². The highest BCUT2D eigenvalue weighted by Crippen LogP contribution is 2.14. The van der Waals surface area contributed by atoms with Gasteiger partial charge in [-0.15, -0.1) is 0 Å². The van der Waals surface area contributed by atoms with Crippen LogP contribution in [0.1, 0.15) is 24.0 Å². The summed E-state index contributed by atoms with van der Waals surface area (Å²) in [5.41, 5.74) is 0.420. The van der Waals surface area contributed by atoms with Crippen LogP contribution >= 0.6 is 0 Å². The van der Waals surface area contributed by atoms with Crippen molar-refractivity contribution < 1.29 is 9.63 Å². The summed E-state index contributed by atoms with van der Waals surface area (Å²) in [6.07, 6.45) is -0.774. The van der Waals surface area contributed by atoms with E-state index in [9.17, 15) is 5.11 Å². The first-order valence-electron chi connectivity index (χ1n) is 3.22. The fourth-order valence-corrected chi connectivity index (χ4v) is 0.734. The number of rotatable bonds is 2. The van der Waals surface area contributed by atoms with Gasteiger partial charge < -0.3 is 9.63 Å². The summed E-state index contributed by atoms with van der Waals surface area (Å²) in [5, 5.41) is 21.0. The molecule has 1 aromatic heterocycles. The summed E-state index contributed by atoms with van der Waals surface area (Å²) in [7, 11) is 0. The van der Waals surface area contributed by atoms with Crippen molar-refractivity contribution in [3.8, 4) is 6.07 Å². The Hall–Kier alpha value is -1.34. The van der Waals surface area contributed by atoms with Gasteiger partial charge in [-0.3, -0.25) is 0 Å². The van der Waals surface area contributed by atoms with E-state index in [0.717, 1.165) is 0 Å². The lowest BCUT2D eigenvalue weighted by molar-refractivity contribution is 0.172. The van der Waals surface area contributed by atoms with E-state index in [0.29, 0.717) is 11.5 Å². The molecule has 1 N–H and O–H groups in total. The summed E-state index contributed by atoms with van der Waals surface area (Å²) in [5.74, 6) is 0.636. The van der Waals surface area contributed by atoms with Gasteiger partial charge in [0.1, 0.15) is 17.6 Å². The second-order valence-corrected chi connectivity index (χ2v) is 2.24. The van der Waals surface area contributed by atoms with E-state index in [1.54, 1.807) is 13.0 Å². The number of aryl methyl sites for hydroxylation is 1. The molecule has 0 fully saturated rings. The number of nitrogens with zero attached hydrogens (tertiary/aromatic N) is 2. The molecular formula is C7H8N2O2. The van der Waals surface area contributed by atoms with Crippen molar-refractivity contribution in [2.75, 3.05) is 0 Å². The molecule has 58 valence electrons. The SMILES string of the molecule is Cc1cc(C(O)CC#N)no1. The third-order valence-electron chi connectivity index (χ3n) is 1.27. The number of hydrogen-bond acceptors (Lipinski definition) is 4. The molecule has 0 radical (unpaired) electrons. The lowest BCUT2D eigenvalue weighted by Gasteiger charge is -1.97. The Morgan fingerprint density at radius 2 is 2.64 bits per heavy atom. The van der Waals surface area contributed by atoms with Crippen LogP contribution in [-0.2, 0) is 0 Å². The number of hydrogen-bond donors (Lipinski definition) is 1. The minimum Gasteiger partial charge on any atom is -0.386 e. The van der Waals surface area contributed by atoms with E-state index in [4.69, 9.17) is 9.78 Å². The fraction of sp³-hybridized carbons (Fsp3) is 0.429. The molecule has 0 saturated carbocycles. The third-order valence-corrected chi connectivity index (χ3v) is 1.27. The minimum absolute atomic E-state index is 0.0476. The van der Waals surface area contributed by atoms with Crippen molar-refractivity contribution in [1.29, 1.82) is 5.26 Å². The van der Waals surface area contributed by atoms with Gasteiger partial charge in [0, 0.05) is 6.07 Å². The van der Waals surface area contributed by atoms with E-state index in [1.807, 2.05) is 6.07 Å². The molecule has 0 spiro atoms. The maximum Gasteiger partial charge on any atom is 0.134 e. The molecule has 0 amide bonds. The number of aliphatic hydroxyl groups excluding tert-OH is 1. The topological polar surface area (TPSA) is 70.0 Å². The van der Waals surface area contributed by atoms with Gasteiger partial charge >= 0.3 is 0 Å². The van der Waals surface area contributed by atoms with Crippen LogP contribution in [0.3, 0.4) is 0 Å². The Morgan fingerprint density at radius 1 is 1.91 bits per heavy atom. The molecule has 1 aromatic rings. The molecule has 0 aliphatic heterocycles. The zero-order valence-corrected chi connectivity index (χ0v) is 6.11. The zero-order valence-electron chi connectivity index (χ0n) is 6.11. The van der Waals surface area contributed by atoms with Crippen molar-refractivity contribution in [3.63, 3.8) is 0 Å². The lowest BCUT2D eigenvalue weighted by atomic mass is 10.2. The maximum absolute atomic E-state index is 9.19. The number of nitriles is 1. The quantitative estimate of drug-likeness (QED) is 0.684. The van der Waals surface area contributed by atoms with Crippen LogP contribution in [0.4, 0.5) is 0 Å². The van der Waals surface area contributed by atoms with Gasteiger partial charge in [-0.05, 0) is 6.92 Å². The normalized spacial score (nSPS) is 12.5. The predicted octanol–water partition coefficient (Wildman–Crippen LogP) is 0.930. The van der Waals surface area contributed by atoms with Crippen LogP contribution in [0, 0.1) is 18.3 Å². The summed E-state index contributed by atoms with van der Waals surface area (Å²) in [6, 6.07) is 3.46. The molecule has 0 saturated heterocycles. The minimum atomic E-state index is -0.822. The van der Waals surface area contributed by atoms with Crippen LogP contribution in [0.5, 0.6) is 0 Å². The van der Waals surface area contributed by atoms with Gasteiger partial charge in [0.05, 0.1) is 12.5 Å². The second-order valence-electron chi connectivity index (χ2n) is 2.24. The van der Waals surface area contributed by atoms with Crippen LogP contribution < -0.4 is 0 Å². The molecule has 0 aliphatic carbocycles. The first-order chi connectivity index (χ1) is 5.24. The standard InChI is InChI=1S/C7H8N2O2/c1-5-4-6(9-11-5)7(10)2-3-8/h4,7,10H,2H2,1H3. The molecule has 1 rings (SSSR count). The monoisotopic (exact) mass is 152 g/mol. The van der Waals surface area contributed by atoms with Crippen LogP contribution in [0.2, 0.25) is 0 Å². The highest BCUT2D eigenvalue weighted by atomic mass is 16.5. The van der Waals surface area contributed by atoms with Crippen molar-refractivity contribution in [2.24, 2.45) is 0 Å². The molecule has 0 aromatic carbocycles. The van der Waals surface area contributed by atoms with Crippen LogP contribution in [0.15, 0.2) is 10.6 Å².